The lowest BCUT2D eigenvalue weighted by Crippen LogP contribution is -2.42. The molecule has 1 saturated carbocycles. The SMILES string of the molecule is CC(C)Nc1nccc(C(=O)NCC2CCN(C3CCCC3)CC2)n1. The van der Waals surface area contributed by atoms with Gasteiger partial charge in [0.15, 0.2) is 0 Å². The number of carbonyl (C=O) groups is 1. The minimum absolute atomic E-state index is 0.104. The van der Waals surface area contributed by atoms with E-state index in [9.17, 15) is 4.79 Å². The van der Waals surface area contributed by atoms with Crippen LogP contribution in [-0.2, 0) is 0 Å². The van der Waals surface area contributed by atoms with Gasteiger partial charge in [-0.25, -0.2) is 9.97 Å². The highest BCUT2D eigenvalue weighted by molar-refractivity contribution is 5.92. The summed E-state index contributed by atoms with van der Waals surface area (Å²) >= 11 is 0. The van der Waals surface area contributed by atoms with Gasteiger partial charge in [-0.05, 0) is 64.6 Å². The largest absolute Gasteiger partial charge is 0.352 e. The molecule has 1 aromatic rings. The number of nitrogens with one attached hydrogen (secondary N) is 2. The number of anilines is 1. The lowest BCUT2D eigenvalue weighted by molar-refractivity contribution is 0.0920. The number of nitrogens with zero attached hydrogens (tertiary/aromatic N) is 3. The van der Waals surface area contributed by atoms with E-state index in [4.69, 9.17) is 0 Å². The molecule has 0 aromatic carbocycles. The van der Waals surface area contributed by atoms with Gasteiger partial charge in [0, 0.05) is 24.8 Å². The molecule has 3 rings (SSSR count). The summed E-state index contributed by atoms with van der Waals surface area (Å²) in [5.41, 5.74) is 0.432. The summed E-state index contributed by atoms with van der Waals surface area (Å²) in [5, 5.41) is 6.19. The van der Waals surface area contributed by atoms with E-state index in [1.54, 1.807) is 12.3 Å². The molecule has 1 aliphatic carbocycles. The third-order valence-corrected chi connectivity index (χ3v) is 5.35. The van der Waals surface area contributed by atoms with Crippen LogP contribution in [-0.4, -0.2) is 52.5 Å². The summed E-state index contributed by atoms with van der Waals surface area (Å²) < 4.78 is 0. The van der Waals surface area contributed by atoms with E-state index in [1.165, 1.54) is 51.6 Å². The van der Waals surface area contributed by atoms with Crippen LogP contribution in [0.25, 0.3) is 0 Å². The van der Waals surface area contributed by atoms with E-state index >= 15 is 0 Å². The molecule has 1 aliphatic heterocycles. The van der Waals surface area contributed by atoms with Gasteiger partial charge in [-0.3, -0.25) is 4.79 Å². The minimum Gasteiger partial charge on any atom is -0.352 e. The maximum Gasteiger partial charge on any atom is 0.270 e. The van der Waals surface area contributed by atoms with E-state index in [0.29, 0.717) is 17.6 Å². The van der Waals surface area contributed by atoms with Gasteiger partial charge in [-0.15, -0.1) is 0 Å². The highest BCUT2D eigenvalue weighted by Gasteiger charge is 2.27. The lowest BCUT2D eigenvalue weighted by Gasteiger charge is -2.36. The van der Waals surface area contributed by atoms with Crippen LogP contribution in [0.15, 0.2) is 12.3 Å². The zero-order chi connectivity index (χ0) is 17.6. The number of carbonyl (C=O) groups excluding carboxylic acids is 1. The van der Waals surface area contributed by atoms with Crippen molar-refractivity contribution in [3.8, 4) is 0 Å². The average molecular weight is 345 g/mol. The third kappa shape index (κ3) is 5.14. The maximum absolute atomic E-state index is 12.4. The van der Waals surface area contributed by atoms with E-state index in [1.807, 2.05) is 13.8 Å². The molecule has 0 radical (unpaired) electrons. The van der Waals surface area contributed by atoms with Crippen molar-refractivity contribution < 1.29 is 4.79 Å². The monoisotopic (exact) mass is 345 g/mol. The molecule has 1 amide bonds. The van der Waals surface area contributed by atoms with Gasteiger partial charge in [0.1, 0.15) is 5.69 Å². The molecule has 1 saturated heterocycles. The fourth-order valence-electron chi connectivity index (χ4n) is 3.93. The Morgan fingerprint density at radius 3 is 2.64 bits per heavy atom. The number of piperidine rings is 1. The number of hydrogen-bond donors (Lipinski definition) is 2. The van der Waals surface area contributed by atoms with Crippen molar-refractivity contribution in [2.24, 2.45) is 5.92 Å². The Morgan fingerprint density at radius 1 is 1.24 bits per heavy atom. The molecular formula is C19H31N5O. The summed E-state index contributed by atoms with van der Waals surface area (Å²) in [7, 11) is 0. The molecule has 6 heteroatoms. The number of amides is 1. The van der Waals surface area contributed by atoms with Crippen LogP contribution in [0.3, 0.4) is 0 Å². The standard InChI is InChI=1S/C19H31N5O/c1-14(2)22-19-20-10-7-17(23-19)18(25)21-13-15-8-11-24(12-9-15)16-5-3-4-6-16/h7,10,14-16H,3-6,8-9,11-13H2,1-2H3,(H,21,25)(H,20,22,23). The molecule has 2 heterocycles. The normalized spacial score (nSPS) is 20.1. The number of aromatic nitrogens is 2. The highest BCUT2D eigenvalue weighted by Crippen LogP contribution is 2.27. The van der Waals surface area contributed by atoms with Gasteiger partial charge in [0.25, 0.3) is 5.91 Å². The molecule has 0 atom stereocenters. The van der Waals surface area contributed by atoms with E-state index in [2.05, 4.69) is 25.5 Å². The Hall–Kier alpha value is -1.69. The van der Waals surface area contributed by atoms with Crippen LogP contribution < -0.4 is 10.6 Å². The molecule has 0 bridgehead atoms. The van der Waals surface area contributed by atoms with Crippen molar-refractivity contribution in [3.63, 3.8) is 0 Å². The van der Waals surface area contributed by atoms with Crippen molar-refractivity contribution in [3.05, 3.63) is 18.0 Å². The van der Waals surface area contributed by atoms with Gasteiger partial charge >= 0.3 is 0 Å². The van der Waals surface area contributed by atoms with Gasteiger partial charge in [-0.1, -0.05) is 12.8 Å². The molecular weight excluding hydrogens is 314 g/mol. The van der Waals surface area contributed by atoms with Crippen molar-refractivity contribution in [2.45, 2.75) is 64.5 Å². The summed E-state index contributed by atoms with van der Waals surface area (Å²) in [6.45, 7) is 7.15. The van der Waals surface area contributed by atoms with E-state index in [-0.39, 0.29) is 11.9 Å². The lowest BCUT2D eigenvalue weighted by atomic mass is 9.95. The minimum atomic E-state index is -0.104. The number of hydrogen-bond acceptors (Lipinski definition) is 5. The zero-order valence-corrected chi connectivity index (χ0v) is 15.5. The van der Waals surface area contributed by atoms with Crippen LogP contribution in [0.5, 0.6) is 0 Å². The third-order valence-electron chi connectivity index (χ3n) is 5.35. The predicted octanol–water partition coefficient (Wildman–Crippen LogP) is 2.68. The summed E-state index contributed by atoms with van der Waals surface area (Å²) in [4.78, 5) is 23.5. The Morgan fingerprint density at radius 2 is 1.96 bits per heavy atom. The van der Waals surface area contributed by atoms with Crippen LogP contribution in [0.4, 0.5) is 5.95 Å². The maximum atomic E-state index is 12.4. The van der Waals surface area contributed by atoms with Crippen molar-refractivity contribution >= 4 is 11.9 Å². The first-order valence-electron chi connectivity index (χ1n) is 9.73. The van der Waals surface area contributed by atoms with Gasteiger partial charge in [0.2, 0.25) is 5.95 Å². The van der Waals surface area contributed by atoms with Crippen molar-refractivity contribution in [1.29, 1.82) is 0 Å². The number of rotatable bonds is 6. The van der Waals surface area contributed by atoms with Gasteiger partial charge < -0.3 is 15.5 Å². The zero-order valence-electron chi connectivity index (χ0n) is 15.5. The van der Waals surface area contributed by atoms with Crippen molar-refractivity contribution in [1.82, 2.24) is 20.2 Å². The van der Waals surface area contributed by atoms with Gasteiger partial charge in [0.05, 0.1) is 0 Å². The first-order chi connectivity index (χ1) is 12.1. The molecule has 25 heavy (non-hydrogen) atoms. The molecule has 2 N–H and O–H groups in total. The van der Waals surface area contributed by atoms with E-state index in [0.717, 1.165) is 12.6 Å². The van der Waals surface area contributed by atoms with Crippen LogP contribution in [0.2, 0.25) is 0 Å². The molecule has 138 valence electrons. The van der Waals surface area contributed by atoms with Crippen LogP contribution >= 0.6 is 0 Å². The topological polar surface area (TPSA) is 70.2 Å². The first kappa shape index (κ1) is 18.1. The fraction of sp³-hybridized carbons (Fsp3) is 0.737. The van der Waals surface area contributed by atoms with Crippen LogP contribution in [0, 0.1) is 5.92 Å². The second kappa shape index (κ2) is 8.61. The smallest absolute Gasteiger partial charge is 0.270 e. The number of likely N-dealkylation sites (tertiary alicyclic amines) is 1. The second-order valence-corrected chi connectivity index (χ2v) is 7.69. The molecule has 6 nitrogen and oxygen atoms in total. The Labute approximate surface area is 150 Å². The average Bonchev–Trinajstić information content (AvgIpc) is 3.14. The van der Waals surface area contributed by atoms with Gasteiger partial charge in [-0.2, -0.15) is 0 Å². The Bertz CT molecular complexity index is 563. The summed E-state index contributed by atoms with van der Waals surface area (Å²) in [6, 6.07) is 2.73. The summed E-state index contributed by atoms with van der Waals surface area (Å²) in [6.07, 6.45) is 9.54. The summed E-state index contributed by atoms with van der Waals surface area (Å²) in [5.74, 6) is 0.983. The quantitative estimate of drug-likeness (QED) is 0.829. The first-order valence-corrected chi connectivity index (χ1v) is 9.73. The molecule has 0 unspecified atom stereocenters. The fourth-order valence-corrected chi connectivity index (χ4v) is 3.93. The highest BCUT2D eigenvalue weighted by atomic mass is 16.1. The molecule has 2 fully saturated rings. The Balaban J connectivity index is 1.43. The van der Waals surface area contributed by atoms with E-state index < -0.39 is 0 Å². The molecule has 0 spiro atoms. The second-order valence-electron chi connectivity index (χ2n) is 7.69. The van der Waals surface area contributed by atoms with Crippen molar-refractivity contribution in [2.75, 3.05) is 25.0 Å². The Kier molecular flexibility index (Phi) is 6.24. The molecule has 1 aromatic heterocycles. The van der Waals surface area contributed by atoms with Crippen LogP contribution in [0.1, 0.15) is 62.9 Å². The molecule has 2 aliphatic rings. The predicted molar refractivity (Wildman–Crippen MR) is 99.7 cm³/mol.